The van der Waals surface area contributed by atoms with E-state index >= 15 is 0 Å². The van der Waals surface area contributed by atoms with Gasteiger partial charge in [-0.25, -0.2) is 9.59 Å². The fraction of sp³-hybridized carbons (Fsp3) is 0.700. The highest BCUT2D eigenvalue weighted by molar-refractivity contribution is 5.94. The molecule has 3 heterocycles. The number of rotatable bonds is 7. The Kier molecular flexibility index (Phi) is 9.01. The van der Waals surface area contributed by atoms with Crippen molar-refractivity contribution in [2.75, 3.05) is 26.2 Å². The maximum Gasteiger partial charge on any atom is 0.410 e. The second-order valence-corrected chi connectivity index (χ2v) is 12.0. The van der Waals surface area contributed by atoms with E-state index in [4.69, 9.17) is 14.2 Å². The maximum atomic E-state index is 13.3. The topological polar surface area (TPSA) is 85.4 Å². The Morgan fingerprint density at radius 2 is 1.82 bits per heavy atom. The number of ether oxygens (including phenoxy) is 3. The van der Waals surface area contributed by atoms with Crippen LogP contribution >= 0.6 is 0 Å². The summed E-state index contributed by atoms with van der Waals surface area (Å²) >= 11 is 0. The molecule has 210 valence electrons. The van der Waals surface area contributed by atoms with E-state index in [1.165, 1.54) is 6.42 Å². The summed E-state index contributed by atoms with van der Waals surface area (Å²) in [6.07, 6.45) is 5.84. The second-order valence-electron chi connectivity index (χ2n) is 12.0. The normalized spacial score (nSPS) is 25.3. The average Bonchev–Trinajstić information content (AvgIpc) is 2.85. The minimum Gasteiger partial charge on any atom is -0.462 e. The molecule has 4 unspecified atom stereocenters. The third-order valence-corrected chi connectivity index (χ3v) is 8.10. The number of hydrogen-bond acceptors (Lipinski definition) is 7. The first-order chi connectivity index (χ1) is 18.1. The van der Waals surface area contributed by atoms with Crippen LogP contribution in [-0.2, 0) is 14.3 Å². The summed E-state index contributed by atoms with van der Waals surface area (Å²) in [4.78, 5) is 43.2. The van der Waals surface area contributed by atoms with Crippen molar-refractivity contribution in [2.45, 2.75) is 97.2 Å². The number of para-hydroxylation sites is 1. The molecule has 8 heteroatoms. The molecule has 0 saturated carbocycles. The first kappa shape index (κ1) is 28.4. The van der Waals surface area contributed by atoms with Crippen molar-refractivity contribution in [2.24, 2.45) is 11.8 Å². The number of piperidine rings is 3. The Morgan fingerprint density at radius 1 is 1.08 bits per heavy atom. The summed E-state index contributed by atoms with van der Waals surface area (Å²) in [5, 5.41) is 0. The molecule has 1 amide bonds. The molecule has 4 rings (SSSR count). The monoisotopic (exact) mass is 528 g/mol. The van der Waals surface area contributed by atoms with E-state index in [2.05, 4.69) is 4.90 Å². The van der Waals surface area contributed by atoms with Gasteiger partial charge in [0, 0.05) is 25.0 Å². The highest BCUT2D eigenvalue weighted by atomic mass is 16.6. The number of carbonyl (C=O) groups excluding carboxylic acids is 3. The van der Waals surface area contributed by atoms with Gasteiger partial charge in [0.2, 0.25) is 0 Å². The molecule has 3 aliphatic heterocycles. The number of nitrogens with zero attached hydrogens (tertiary/aromatic N) is 2. The molecule has 0 bridgehead atoms. The molecule has 1 aromatic carbocycles. The van der Waals surface area contributed by atoms with Crippen molar-refractivity contribution in [3.8, 4) is 5.75 Å². The van der Waals surface area contributed by atoms with E-state index in [0.29, 0.717) is 42.8 Å². The van der Waals surface area contributed by atoms with E-state index < -0.39 is 11.6 Å². The zero-order valence-corrected chi connectivity index (χ0v) is 23.7. The van der Waals surface area contributed by atoms with Gasteiger partial charge < -0.3 is 19.1 Å². The number of carbonyl (C=O) groups is 3. The predicted octanol–water partition coefficient (Wildman–Crippen LogP) is 5.36. The van der Waals surface area contributed by atoms with Crippen LogP contribution in [0.4, 0.5) is 4.79 Å². The Balaban J connectivity index is 1.45. The van der Waals surface area contributed by atoms with Crippen LogP contribution in [0.5, 0.6) is 5.75 Å². The fourth-order valence-corrected chi connectivity index (χ4v) is 6.67. The molecule has 38 heavy (non-hydrogen) atoms. The summed E-state index contributed by atoms with van der Waals surface area (Å²) in [6.45, 7) is 12.5. The van der Waals surface area contributed by atoms with Crippen LogP contribution in [0.2, 0.25) is 0 Å². The summed E-state index contributed by atoms with van der Waals surface area (Å²) < 4.78 is 16.7. The summed E-state index contributed by atoms with van der Waals surface area (Å²) in [5.74, 6) is 0.239. The minimum atomic E-state index is -0.558. The number of esters is 2. The van der Waals surface area contributed by atoms with Gasteiger partial charge >= 0.3 is 18.0 Å². The highest BCUT2D eigenvalue weighted by Crippen LogP contribution is 2.43. The van der Waals surface area contributed by atoms with Crippen LogP contribution in [-0.4, -0.2) is 71.8 Å². The summed E-state index contributed by atoms with van der Waals surface area (Å²) in [6, 6.07) is 5.71. The number of likely N-dealkylation sites (tertiary alicyclic amines) is 1. The van der Waals surface area contributed by atoms with Crippen LogP contribution in [0, 0.1) is 18.8 Å². The van der Waals surface area contributed by atoms with Gasteiger partial charge in [0.15, 0.2) is 0 Å². The van der Waals surface area contributed by atoms with Crippen LogP contribution in [0.3, 0.4) is 0 Å². The molecule has 0 aromatic heterocycles. The van der Waals surface area contributed by atoms with Crippen molar-refractivity contribution in [3.05, 3.63) is 29.3 Å². The molecule has 0 N–H and O–H groups in total. The lowest BCUT2D eigenvalue weighted by molar-refractivity contribution is -0.134. The van der Waals surface area contributed by atoms with Crippen molar-refractivity contribution >= 4 is 18.0 Å². The molecular weight excluding hydrogens is 484 g/mol. The van der Waals surface area contributed by atoms with E-state index in [0.717, 1.165) is 32.4 Å². The molecule has 3 fully saturated rings. The standard InChI is InChI=1S/C30H44N2O6/c1-6-36-28(34)23-13-7-11-20(2)27(23)37-25(33)16-8-15-24-22-14-10-18-31-17-9-12-21(26(22)31)19-32(24)29(35)38-30(3,4)5/h7,11,13,21-22,24,26H,6,8-10,12,14-19H2,1-5H3. The first-order valence-electron chi connectivity index (χ1n) is 14.3. The maximum absolute atomic E-state index is 13.3. The third-order valence-electron chi connectivity index (χ3n) is 8.10. The molecule has 8 nitrogen and oxygen atoms in total. The first-order valence-corrected chi connectivity index (χ1v) is 14.3. The van der Waals surface area contributed by atoms with E-state index in [1.54, 1.807) is 19.1 Å². The molecule has 0 spiro atoms. The van der Waals surface area contributed by atoms with Gasteiger partial charge in [-0.05, 0) is 110 Å². The predicted molar refractivity (Wildman–Crippen MR) is 144 cm³/mol. The highest BCUT2D eigenvalue weighted by Gasteiger charge is 2.50. The number of hydrogen-bond donors (Lipinski definition) is 0. The van der Waals surface area contributed by atoms with Crippen molar-refractivity contribution < 1.29 is 28.6 Å². The van der Waals surface area contributed by atoms with Crippen LogP contribution in [0.15, 0.2) is 18.2 Å². The number of amides is 1. The van der Waals surface area contributed by atoms with E-state index in [1.807, 2.05) is 38.7 Å². The average molecular weight is 529 g/mol. The molecule has 3 saturated heterocycles. The molecule has 1 aromatic rings. The largest absolute Gasteiger partial charge is 0.462 e. The van der Waals surface area contributed by atoms with E-state index in [-0.39, 0.29) is 42.4 Å². The van der Waals surface area contributed by atoms with Gasteiger partial charge in [0.1, 0.15) is 16.9 Å². The second kappa shape index (κ2) is 12.1. The molecule has 3 aliphatic rings. The lowest BCUT2D eigenvalue weighted by Gasteiger charge is -2.57. The zero-order valence-electron chi connectivity index (χ0n) is 23.7. The van der Waals surface area contributed by atoms with E-state index in [9.17, 15) is 14.4 Å². The van der Waals surface area contributed by atoms with Gasteiger partial charge in [-0.2, -0.15) is 0 Å². The van der Waals surface area contributed by atoms with Crippen molar-refractivity contribution in [3.63, 3.8) is 0 Å². The Bertz CT molecular complexity index is 1020. The summed E-state index contributed by atoms with van der Waals surface area (Å²) in [5.41, 5.74) is 0.407. The lowest BCUT2D eigenvalue weighted by Crippen LogP contribution is -2.65. The third kappa shape index (κ3) is 6.50. The molecular formula is C30H44N2O6. The van der Waals surface area contributed by atoms with Crippen LogP contribution in [0.1, 0.15) is 88.6 Å². The molecule has 0 aliphatic carbocycles. The number of benzene rings is 1. The lowest BCUT2D eigenvalue weighted by atomic mass is 9.69. The SMILES string of the molecule is CCOC(=O)c1cccc(C)c1OC(=O)CCCC1C2CCCN3CCCC(CN1C(=O)OC(C)(C)C)C23. The van der Waals surface area contributed by atoms with Crippen molar-refractivity contribution in [1.82, 2.24) is 9.80 Å². The Hall–Kier alpha value is -2.61. The molecule has 4 atom stereocenters. The summed E-state index contributed by atoms with van der Waals surface area (Å²) in [7, 11) is 0. The van der Waals surface area contributed by atoms with Crippen LogP contribution < -0.4 is 4.74 Å². The van der Waals surface area contributed by atoms with Gasteiger partial charge in [0.25, 0.3) is 0 Å². The van der Waals surface area contributed by atoms with Gasteiger partial charge in [-0.15, -0.1) is 0 Å². The smallest absolute Gasteiger partial charge is 0.410 e. The quantitative estimate of drug-likeness (QED) is 0.348. The van der Waals surface area contributed by atoms with Gasteiger partial charge in [0.05, 0.1) is 6.61 Å². The Morgan fingerprint density at radius 3 is 2.53 bits per heavy atom. The van der Waals surface area contributed by atoms with Gasteiger partial charge in [-0.3, -0.25) is 9.69 Å². The minimum absolute atomic E-state index is 0.0355. The zero-order chi connectivity index (χ0) is 27.4. The Labute approximate surface area is 227 Å². The number of aryl methyl sites for hydroxylation is 1. The molecule has 0 radical (unpaired) electrons. The van der Waals surface area contributed by atoms with Gasteiger partial charge in [-0.1, -0.05) is 12.1 Å². The van der Waals surface area contributed by atoms with Crippen molar-refractivity contribution in [1.29, 1.82) is 0 Å². The fourth-order valence-electron chi connectivity index (χ4n) is 6.67. The van der Waals surface area contributed by atoms with Crippen LogP contribution in [0.25, 0.3) is 0 Å².